The lowest BCUT2D eigenvalue weighted by Crippen LogP contribution is -2.58. The molecule has 0 aliphatic heterocycles. The Kier molecular flexibility index (Phi) is 11.9. The summed E-state index contributed by atoms with van der Waals surface area (Å²) in [6, 6.07) is 15.0. The van der Waals surface area contributed by atoms with Crippen LogP contribution in [0.2, 0.25) is 0 Å². The highest BCUT2D eigenvalue weighted by atomic mass is 16.6. The van der Waals surface area contributed by atoms with Gasteiger partial charge in [-0.3, -0.25) is 14.4 Å². The number of hydrogen-bond donors (Lipinski definition) is 2. The molecule has 9 nitrogen and oxygen atoms in total. The average molecular weight is 580 g/mol. The first-order valence-corrected chi connectivity index (χ1v) is 14.9. The van der Waals surface area contributed by atoms with Crippen LogP contribution in [0.15, 0.2) is 54.6 Å². The molecule has 3 rings (SSSR count). The number of benzene rings is 2. The van der Waals surface area contributed by atoms with Crippen LogP contribution in [-0.2, 0) is 36.7 Å². The maximum atomic E-state index is 14.5. The Labute approximate surface area is 249 Å². The molecule has 2 aromatic carbocycles. The summed E-state index contributed by atoms with van der Waals surface area (Å²) < 4.78 is 10.5. The number of aryl methyl sites for hydroxylation is 1. The molecule has 0 aromatic heterocycles. The topological polar surface area (TPSA) is 114 Å². The fourth-order valence-electron chi connectivity index (χ4n) is 4.85. The van der Waals surface area contributed by atoms with Gasteiger partial charge in [-0.15, -0.1) is 0 Å². The van der Waals surface area contributed by atoms with Crippen molar-refractivity contribution in [2.75, 3.05) is 13.2 Å². The lowest BCUT2D eigenvalue weighted by atomic mass is 9.87. The number of nitrogens with one attached hydrogen (secondary N) is 2. The van der Waals surface area contributed by atoms with Crippen LogP contribution >= 0.6 is 0 Å². The van der Waals surface area contributed by atoms with Crippen molar-refractivity contribution in [3.8, 4) is 0 Å². The molecular weight excluding hydrogens is 534 g/mol. The summed E-state index contributed by atoms with van der Waals surface area (Å²) in [6.45, 7) is 9.41. The molecule has 2 N–H and O–H groups in total. The van der Waals surface area contributed by atoms with Crippen LogP contribution in [0.1, 0.15) is 83.0 Å². The average Bonchev–Trinajstić information content (AvgIpc) is 2.91. The summed E-state index contributed by atoms with van der Waals surface area (Å²) in [7, 11) is 0. The van der Waals surface area contributed by atoms with Gasteiger partial charge in [0.2, 0.25) is 11.8 Å². The molecule has 1 aliphatic carbocycles. The van der Waals surface area contributed by atoms with Gasteiger partial charge in [0.25, 0.3) is 0 Å². The largest absolute Gasteiger partial charge is 0.466 e. The monoisotopic (exact) mass is 579 g/mol. The second kappa shape index (κ2) is 15.4. The van der Waals surface area contributed by atoms with Gasteiger partial charge in [-0.1, -0.05) is 61.5 Å². The zero-order valence-electron chi connectivity index (χ0n) is 25.5. The fourth-order valence-corrected chi connectivity index (χ4v) is 4.85. The molecule has 0 saturated heterocycles. The van der Waals surface area contributed by atoms with E-state index in [1.165, 1.54) is 0 Å². The molecule has 0 heterocycles. The third-order valence-electron chi connectivity index (χ3n) is 7.16. The number of nitrogens with zero attached hydrogens (tertiary/aromatic N) is 1. The van der Waals surface area contributed by atoms with E-state index in [0.29, 0.717) is 5.56 Å². The predicted molar refractivity (Wildman–Crippen MR) is 161 cm³/mol. The summed E-state index contributed by atoms with van der Waals surface area (Å²) >= 11 is 0. The molecule has 3 amide bonds. The highest BCUT2D eigenvalue weighted by molar-refractivity contribution is 5.92. The number of amides is 3. The van der Waals surface area contributed by atoms with Crippen LogP contribution in [0.5, 0.6) is 0 Å². The van der Waals surface area contributed by atoms with E-state index in [0.717, 1.165) is 36.8 Å². The minimum absolute atomic E-state index is 0.0231. The molecule has 0 bridgehead atoms. The van der Waals surface area contributed by atoms with Gasteiger partial charge >= 0.3 is 12.1 Å². The normalized spacial score (nSPS) is 14.6. The van der Waals surface area contributed by atoms with Gasteiger partial charge in [-0.2, -0.15) is 0 Å². The summed E-state index contributed by atoms with van der Waals surface area (Å²) in [5.74, 6) is -1.16. The number of carbonyl (C=O) groups excluding carboxylic acids is 4. The van der Waals surface area contributed by atoms with E-state index < -0.39 is 29.7 Å². The van der Waals surface area contributed by atoms with E-state index in [1.54, 1.807) is 32.6 Å². The van der Waals surface area contributed by atoms with Crippen molar-refractivity contribution < 1.29 is 28.7 Å². The molecule has 42 heavy (non-hydrogen) atoms. The Morgan fingerprint density at radius 2 is 1.62 bits per heavy atom. The molecule has 9 heteroatoms. The molecule has 2 aromatic rings. The smallest absolute Gasteiger partial charge is 0.408 e. The van der Waals surface area contributed by atoms with E-state index in [2.05, 4.69) is 17.6 Å². The minimum atomic E-state index is -0.965. The quantitative estimate of drug-likeness (QED) is 0.327. The van der Waals surface area contributed by atoms with Gasteiger partial charge < -0.3 is 25.0 Å². The van der Waals surface area contributed by atoms with Crippen LogP contribution in [0.25, 0.3) is 0 Å². The first-order valence-electron chi connectivity index (χ1n) is 14.9. The lowest BCUT2D eigenvalue weighted by Gasteiger charge is -2.43. The van der Waals surface area contributed by atoms with Crippen molar-refractivity contribution in [2.24, 2.45) is 0 Å². The van der Waals surface area contributed by atoms with Crippen molar-refractivity contribution in [3.05, 3.63) is 71.3 Å². The van der Waals surface area contributed by atoms with Crippen LogP contribution < -0.4 is 10.6 Å². The van der Waals surface area contributed by atoms with Gasteiger partial charge in [-0.25, -0.2) is 4.79 Å². The van der Waals surface area contributed by atoms with Gasteiger partial charge in [0, 0.05) is 19.0 Å². The first-order chi connectivity index (χ1) is 20.0. The van der Waals surface area contributed by atoms with Crippen molar-refractivity contribution in [1.82, 2.24) is 15.5 Å². The third-order valence-corrected chi connectivity index (χ3v) is 7.16. The molecule has 0 radical (unpaired) electrons. The molecule has 2 unspecified atom stereocenters. The second-order valence-electron chi connectivity index (χ2n) is 11.6. The number of esters is 1. The maximum absolute atomic E-state index is 14.5. The van der Waals surface area contributed by atoms with Gasteiger partial charge in [-0.05, 0) is 70.1 Å². The maximum Gasteiger partial charge on any atom is 0.408 e. The first kappa shape index (κ1) is 32.6. The Bertz CT molecular complexity index is 1190. The highest BCUT2D eigenvalue weighted by Gasteiger charge is 2.42. The standard InChI is InChI=1S/C33H45N3O6/c1-6-23-16-18-25(19-17-23)29(30(38)34-21-20-28(37)41-7-2)36(26-14-11-15-26)31(39)27(22-24-12-9-8-10-13-24)35-32(40)42-33(3,4)5/h8-10,12-13,16-19,26-27,29H,6-7,11,14-15,20-22H2,1-5H3,(H,34,38)(H,35,40). The molecule has 1 fully saturated rings. The van der Waals surface area contributed by atoms with Crippen molar-refractivity contribution in [3.63, 3.8) is 0 Å². The SMILES string of the molecule is CCOC(=O)CCNC(=O)C(c1ccc(CC)cc1)N(C(=O)C(Cc1ccccc1)NC(=O)OC(C)(C)C)C1CCC1. The Morgan fingerprint density at radius 1 is 0.952 bits per heavy atom. The van der Waals surface area contributed by atoms with Crippen molar-refractivity contribution in [1.29, 1.82) is 0 Å². The molecule has 0 spiro atoms. The molecule has 1 saturated carbocycles. The zero-order chi connectivity index (χ0) is 30.7. The predicted octanol–water partition coefficient (Wildman–Crippen LogP) is 4.88. The Hall–Kier alpha value is -3.88. The van der Waals surface area contributed by atoms with Gasteiger partial charge in [0.05, 0.1) is 13.0 Å². The lowest BCUT2D eigenvalue weighted by molar-refractivity contribution is -0.148. The van der Waals surface area contributed by atoms with E-state index in [4.69, 9.17) is 9.47 Å². The fraction of sp³-hybridized carbons (Fsp3) is 0.515. The molecule has 228 valence electrons. The minimum Gasteiger partial charge on any atom is -0.466 e. The van der Waals surface area contributed by atoms with Crippen LogP contribution in [-0.4, -0.2) is 59.6 Å². The zero-order valence-corrected chi connectivity index (χ0v) is 25.5. The number of alkyl carbamates (subject to hydrolysis) is 1. The Balaban J connectivity index is 1.98. The van der Waals surface area contributed by atoms with E-state index in [1.807, 2.05) is 54.6 Å². The second-order valence-corrected chi connectivity index (χ2v) is 11.6. The molecular formula is C33H45N3O6. The van der Waals surface area contributed by atoms with E-state index in [-0.39, 0.29) is 43.8 Å². The summed E-state index contributed by atoms with van der Waals surface area (Å²) in [5, 5.41) is 5.65. The number of rotatable bonds is 13. The van der Waals surface area contributed by atoms with Crippen LogP contribution in [0, 0.1) is 0 Å². The number of carbonyl (C=O) groups is 4. The third kappa shape index (κ3) is 9.60. The summed E-state index contributed by atoms with van der Waals surface area (Å²) in [4.78, 5) is 54.8. The number of ether oxygens (including phenoxy) is 2. The highest BCUT2D eigenvalue weighted by Crippen LogP contribution is 2.34. The van der Waals surface area contributed by atoms with Crippen LogP contribution in [0.4, 0.5) is 4.79 Å². The van der Waals surface area contributed by atoms with Gasteiger partial charge in [0.15, 0.2) is 0 Å². The number of hydrogen-bond acceptors (Lipinski definition) is 6. The van der Waals surface area contributed by atoms with Gasteiger partial charge in [0.1, 0.15) is 17.7 Å². The van der Waals surface area contributed by atoms with Crippen molar-refractivity contribution >= 4 is 23.9 Å². The van der Waals surface area contributed by atoms with Crippen LogP contribution in [0.3, 0.4) is 0 Å². The van der Waals surface area contributed by atoms with Crippen molar-refractivity contribution in [2.45, 2.75) is 96.9 Å². The summed E-state index contributed by atoms with van der Waals surface area (Å²) in [5.41, 5.74) is 1.88. The molecule has 2 atom stereocenters. The van der Waals surface area contributed by atoms with E-state index in [9.17, 15) is 19.2 Å². The Morgan fingerprint density at radius 3 is 2.17 bits per heavy atom. The summed E-state index contributed by atoms with van der Waals surface area (Å²) in [6.07, 6.45) is 2.81. The van der Waals surface area contributed by atoms with E-state index >= 15 is 0 Å². The molecule has 1 aliphatic rings.